The third-order valence-electron chi connectivity index (χ3n) is 4.19. The van der Waals surface area contributed by atoms with Crippen molar-refractivity contribution in [1.82, 2.24) is 5.01 Å². The Morgan fingerprint density at radius 1 is 1.11 bits per heavy atom. The van der Waals surface area contributed by atoms with Crippen molar-refractivity contribution in [3.8, 4) is 11.5 Å². The number of hydrazone groups is 1. The Morgan fingerprint density at radius 3 is 2.25 bits per heavy atom. The lowest BCUT2D eigenvalue weighted by atomic mass is 10.0. The summed E-state index contributed by atoms with van der Waals surface area (Å²) in [5, 5.41) is 16.1. The lowest BCUT2D eigenvalue weighted by molar-refractivity contribution is -0.384. The molecular formula is C19H17N3O6. The minimum absolute atomic E-state index is 0.115. The van der Waals surface area contributed by atoms with Gasteiger partial charge in [-0.15, -0.1) is 0 Å². The first-order valence-electron chi connectivity index (χ1n) is 8.37. The number of rotatable bonds is 5. The average Bonchev–Trinajstić information content (AvgIpc) is 3.14. The van der Waals surface area contributed by atoms with E-state index in [4.69, 9.17) is 9.47 Å². The predicted molar refractivity (Wildman–Crippen MR) is 99.2 cm³/mol. The first-order valence-corrected chi connectivity index (χ1v) is 8.37. The molecule has 1 amide bonds. The fourth-order valence-corrected chi connectivity index (χ4v) is 2.76. The number of esters is 1. The maximum atomic E-state index is 12.6. The van der Waals surface area contributed by atoms with E-state index in [1.807, 2.05) is 0 Å². The summed E-state index contributed by atoms with van der Waals surface area (Å²) in [6, 6.07) is 11.3. The number of nitrogens with zero attached hydrogens (tertiary/aromatic N) is 3. The molecule has 0 saturated carbocycles. The molecule has 0 fully saturated rings. The predicted octanol–water partition coefficient (Wildman–Crippen LogP) is 2.53. The molecule has 3 rings (SSSR count). The molecular weight excluding hydrogens is 366 g/mol. The molecule has 9 heteroatoms. The molecule has 1 unspecified atom stereocenters. The van der Waals surface area contributed by atoms with Crippen LogP contribution in [-0.4, -0.2) is 40.7 Å². The SMILES string of the molecule is COc1ccc(C2=NN(C(C)=O)C(C(=O)Oc3ccc([N+](=O)[O-])cc3)C2)cc1. The largest absolute Gasteiger partial charge is 0.497 e. The van der Waals surface area contributed by atoms with Crippen LogP contribution in [0.25, 0.3) is 0 Å². The van der Waals surface area contributed by atoms with Gasteiger partial charge in [-0.2, -0.15) is 5.10 Å². The molecule has 144 valence electrons. The van der Waals surface area contributed by atoms with Crippen molar-refractivity contribution >= 4 is 23.3 Å². The van der Waals surface area contributed by atoms with Crippen molar-refractivity contribution < 1.29 is 24.0 Å². The van der Waals surface area contributed by atoms with Crippen molar-refractivity contribution in [2.24, 2.45) is 5.10 Å². The van der Waals surface area contributed by atoms with Crippen LogP contribution in [0.3, 0.4) is 0 Å². The fourth-order valence-electron chi connectivity index (χ4n) is 2.76. The van der Waals surface area contributed by atoms with Crippen LogP contribution in [0, 0.1) is 10.1 Å². The van der Waals surface area contributed by atoms with E-state index in [1.165, 1.54) is 31.2 Å². The molecule has 0 radical (unpaired) electrons. The number of amides is 1. The maximum Gasteiger partial charge on any atom is 0.336 e. The summed E-state index contributed by atoms with van der Waals surface area (Å²) in [5.41, 5.74) is 1.22. The Bertz CT molecular complexity index is 937. The van der Waals surface area contributed by atoms with E-state index in [-0.39, 0.29) is 17.9 Å². The quantitative estimate of drug-likeness (QED) is 0.339. The van der Waals surface area contributed by atoms with Gasteiger partial charge >= 0.3 is 5.97 Å². The van der Waals surface area contributed by atoms with E-state index in [1.54, 1.807) is 31.4 Å². The third-order valence-corrected chi connectivity index (χ3v) is 4.19. The van der Waals surface area contributed by atoms with Crippen molar-refractivity contribution in [2.75, 3.05) is 7.11 Å². The summed E-state index contributed by atoms with van der Waals surface area (Å²) in [6.07, 6.45) is 0.192. The number of non-ortho nitro benzene ring substituents is 1. The zero-order valence-electron chi connectivity index (χ0n) is 15.2. The molecule has 9 nitrogen and oxygen atoms in total. The van der Waals surface area contributed by atoms with Crippen LogP contribution in [0.2, 0.25) is 0 Å². The van der Waals surface area contributed by atoms with Crippen molar-refractivity contribution in [1.29, 1.82) is 0 Å². The van der Waals surface area contributed by atoms with Gasteiger partial charge in [-0.05, 0) is 42.0 Å². The molecule has 1 atom stereocenters. The monoisotopic (exact) mass is 383 g/mol. The second-order valence-corrected chi connectivity index (χ2v) is 6.03. The Balaban J connectivity index is 1.76. The van der Waals surface area contributed by atoms with E-state index in [0.29, 0.717) is 11.5 Å². The van der Waals surface area contributed by atoms with Gasteiger partial charge in [0.15, 0.2) is 6.04 Å². The summed E-state index contributed by atoms with van der Waals surface area (Å²) in [7, 11) is 1.56. The van der Waals surface area contributed by atoms with E-state index in [9.17, 15) is 19.7 Å². The summed E-state index contributed by atoms with van der Waals surface area (Å²) >= 11 is 0. The number of methoxy groups -OCH3 is 1. The van der Waals surface area contributed by atoms with Gasteiger partial charge in [-0.3, -0.25) is 14.9 Å². The number of nitro groups is 1. The summed E-state index contributed by atoms with van der Waals surface area (Å²) in [6.45, 7) is 1.31. The molecule has 1 aliphatic rings. The molecule has 0 bridgehead atoms. The number of ether oxygens (including phenoxy) is 2. The van der Waals surface area contributed by atoms with Gasteiger partial charge in [0, 0.05) is 25.5 Å². The Kier molecular flexibility index (Phi) is 5.35. The van der Waals surface area contributed by atoms with Crippen LogP contribution < -0.4 is 9.47 Å². The topological polar surface area (TPSA) is 111 Å². The fraction of sp³-hybridized carbons (Fsp3) is 0.211. The minimum atomic E-state index is -0.912. The highest BCUT2D eigenvalue weighted by molar-refractivity contribution is 6.06. The van der Waals surface area contributed by atoms with Crippen LogP contribution >= 0.6 is 0 Å². The lowest BCUT2D eigenvalue weighted by Gasteiger charge is -2.18. The summed E-state index contributed by atoms with van der Waals surface area (Å²) in [4.78, 5) is 34.7. The van der Waals surface area contributed by atoms with Gasteiger partial charge in [0.1, 0.15) is 11.5 Å². The standard InChI is InChI=1S/C19H17N3O6/c1-12(23)21-18(11-17(20-21)13-3-7-15(27-2)8-4-13)19(24)28-16-9-5-14(6-10-16)22(25)26/h3-10,18H,11H2,1-2H3. The minimum Gasteiger partial charge on any atom is -0.497 e. The van der Waals surface area contributed by atoms with Gasteiger partial charge in [0.05, 0.1) is 17.7 Å². The molecule has 28 heavy (non-hydrogen) atoms. The van der Waals surface area contributed by atoms with Crippen LogP contribution in [0.5, 0.6) is 11.5 Å². The second-order valence-electron chi connectivity index (χ2n) is 6.03. The van der Waals surface area contributed by atoms with Gasteiger partial charge in [-0.25, -0.2) is 9.80 Å². The number of hydrogen-bond donors (Lipinski definition) is 0. The van der Waals surface area contributed by atoms with Crippen molar-refractivity contribution in [2.45, 2.75) is 19.4 Å². The van der Waals surface area contributed by atoms with Crippen LogP contribution in [0.15, 0.2) is 53.6 Å². The van der Waals surface area contributed by atoms with Gasteiger partial charge < -0.3 is 9.47 Å². The number of benzene rings is 2. The molecule has 1 aliphatic heterocycles. The first-order chi connectivity index (χ1) is 13.4. The molecule has 0 aliphatic carbocycles. The number of carbonyl (C=O) groups excluding carboxylic acids is 2. The van der Waals surface area contributed by atoms with Crippen LogP contribution in [0.4, 0.5) is 5.69 Å². The molecule has 2 aromatic rings. The molecule has 0 aromatic heterocycles. The number of carbonyl (C=O) groups is 2. The summed E-state index contributed by atoms with van der Waals surface area (Å²) in [5.74, 6) is -0.234. The van der Waals surface area contributed by atoms with Gasteiger partial charge in [0.25, 0.3) is 5.69 Å². The Morgan fingerprint density at radius 2 is 1.71 bits per heavy atom. The highest BCUT2D eigenvalue weighted by Crippen LogP contribution is 2.24. The zero-order valence-corrected chi connectivity index (χ0v) is 15.2. The van der Waals surface area contributed by atoms with Gasteiger partial charge in [-0.1, -0.05) is 0 Å². The second kappa shape index (κ2) is 7.87. The number of nitro benzene ring substituents is 1. The van der Waals surface area contributed by atoms with Crippen molar-refractivity contribution in [3.63, 3.8) is 0 Å². The van der Waals surface area contributed by atoms with E-state index < -0.39 is 22.8 Å². The molecule has 0 spiro atoms. The molecule has 2 aromatic carbocycles. The lowest BCUT2D eigenvalue weighted by Crippen LogP contribution is -2.39. The van der Waals surface area contributed by atoms with Crippen molar-refractivity contribution in [3.05, 3.63) is 64.2 Å². The zero-order chi connectivity index (χ0) is 20.3. The smallest absolute Gasteiger partial charge is 0.336 e. The maximum absolute atomic E-state index is 12.6. The normalized spacial score (nSPS) is 15.7. The highest BCUT2D eigenvalue weighted by Gasteiger charge is 2.37. The molecule has 1 heterocycles. The van der Waals surface area contributed by atoms with Crippen LogP contribution in [0.1, 0.15) is 18.9 Å². The third kappa shape index (κ3) is 3.98. The first kappa shape index (κ1) is 19.0. The van der Waals surface area contributed by atoms with E-state index in [2.05, 4.69) is 5.10 Å². The molecule has 0 N–H and O–H groups in total. The number of hydrogen-bond acceptors (Lipinski definition) is 7. The van der Waals surface area contributed by atoms with Crippen LogP contribution in [-0.2, 0) is 9.59 Å². The van der Waals surface area contributed by atoms with E-state index in [0.717, 1.165) is 10.6 Å². The van der Waals surface area contributed by atoms with Gasteiger partial charge in [0.2, 0.25) is 5.91 Å². The summed E-state index contributed by atoms with van der Waals surface area (Å²) < 4.78 is 10.4. The highest BCUT2D eigenvalue weighted by atomic mass is 16.6. The Labute approximate surface area is 160 Å². The molecule has 0 saturated heterocycles. The Hall–Kier alpha value is -3.75. The average molecular weight is 383 g/mol. The van der Waals surface area contributed by atoms with E-state index >= 15 is 0 Å².